The predicted molar refractivity (Wildman–Crippen MR) is 71.0 cm³/mol. The van der Waals surface area contributed by atoms with Gasteiger partial charge in [0, 0.05) is 6.07 Å². The maximum absolute atomic E-state index is 10.7. The van der Waals surface area contributed by atoms with Crippen LogP contribution in [0.15, 0.2) is 28.9 Å². The molecule has 0 saturated carbocycles. The fourth-order valence-electron chi connectivity index (χ4n) is 1.55. The van der Waals surface area contributed by atoms with Crippen LogP contribution in [0, 0.1) is 10.1 Å². The Morgan fingerprint density at radius 1 is 1.58 bits per heavy atom. The van der Waals surface area contributed by atoms with Crippen molar-refractivity contribution < 1.29 is 10.0 Å². The Kier molecular flexibility index (Phi) is 3.91. The van der Waals surface area contributed by atoms with Crippen molar-refractivity contribution in [3.63, 3.8) is 0 Å². The van der Waals surface area contributed by atoms with Crippen LogP contribution in [-0.2, 0) is 0 Å². The molecule has 0 aliphatic rings. The molecule has 0 radical (unpaired) electrons. The van der Waals surface area contributed by atoms with Gasteiger partial charge in [-0.25, -0.2) is 4.68 Å². The van der Waals surface area contributed by atoms with Crippen LogP contribution in [0.25, 0.3) is 5.69 Å². The molecule has 100 valence electrons. The quantitative estimate of drug-likeness (QED) is 0.687. The molecule has 0 saturated heterocycles. The lowest BCUT2D eigenvalue weighted by molar-refractivity contribution is -0.385. The number of nitro groups is 1. The molecule has 0 fully saturated rings. The average Bonchev–Trinajstić information content (AvgIpc) is 2.86. The molecule has 19 heavy (non-hydrogen) atoms. The number of hydrogen-bond acceptors (Lipinski definition) is 5. The van der Waals surface area contributed by atoms with E-state index in [0.717, 1.165) is 0 Å². The number of halogens is 1. The van der Waals surface area contributed by atoms with Crippen LogP contribution < -0.4 is 0 Å². The van der Waals surface area contributed by atoms with Crippen LogP contribution in [-0.4, -0.2) is 25.0 Å². The van der Waals surface area contributed by atoms with Crippen molar-refractivity contribution in [2.45, 2.75) is 19.4 Å². The van der Waals surface area contributed by atoms with Crippen molar-refractivity contribution in [3.8, 4) is 5.69 Å². The van der Waals surface area contributed by atoms with E-state index in [1.54, 1.807) is 18.3 Å². The van der Waals surface area contributed by atoms with Gasteiger partial charge in [0.2, 0.25) is 0 Å². The molecule has 1 aromatic heterocycles. The second-order valence-electron chi connectivity index (χ2n) is 3.90. The average molecular weight is 327 g/mol. The lowest BCUT2D eigenvalue weighted by Crippen LogP contribution is -1.97. The number of aliphatic hydroxyl groups is 1. The summed E-state index contributed by atoms with van der Waals surface area (Å²) in [5.74, 6) is 0. The number of hydrogen-bond donors (Lipinski definition) is 1. The monoisotopic (exact) mass is 326 g/mol. The minimum atomic E-state index is -0.657. The number of nitro benzene ring substituents is 1. The summed E-state index contributed by atoms with van der Waals surface area (Å²) >= 11 is 3.14. The van der Waals surface area contributed by atoms with Gasteiger partial charge in [-0.3, -0.25) is 10.1 Å². The van der Waals surface area contributed by atoms with E-state index in [2.05, 4.69) is 26.2 Å². The van der Waals surface area contributed by atoms with Gasteiger partial charge in [-0.2, -0.15) is 0 Å². The highest BCUT2D eigenvalue weighted by Gasteiger charge is 2.14. The van der Waals surface area contributed by atoms with Crippen molar-refractivity contribution in [3.05, 3.63) is 44.7 Å². The van der Waals surface area contributed by atoms with Gasteiger partial charge < -0.3 is 5.11 Å². The highest BCUT2D eigenvalue weighted by Crippen LogP contribution is 2.27. The normalized spacial score (nSPS) is 12.4. The molecule has 8 heteroatoms. The Labute approximate surface area is 117 Å². The topological polar surface area (TPSA) is 94.1 Å². The van der Waals surface area contributed by atoms with Crippen LogP contribution >= 0.6 is 15.9 Å². The zero-order valence-corrected chi connectivity index (χ0v) is 11.6. The van der Waals surface area contributed by atoms with E-state index in [1.165, 1.54) is 10.7 Å². The lowest BCUT2D eigenvalue weighted by atomic mass is 10.2. The smallest absolute Gasteiger partial charge is 0.283 e. The van der Waals surface area contributed by atoms with Crippen LogP contribution in [0.4, 0.5) is 5.69 Å². The largest absolute Gasteiger partial charge is 0.387 e. The highest BCUT2D eigenvalue weighted by molar-refractivity contribution is 9.10. The summed E-state index contributed by atoms with van der Waals surface area (Å²) < 4.78 is 1.82. The second kappa shape index (κ2) is 5.45. The molecule has 2 aromatic rings. The SMILES string of the molecule is CCC(O)c1cn(-c2ccc([N+](=O)[O-])c(Br)c2)nn1. The minimum Gasteiger partial charge on any atom is -0.387 e. The molecule has 1 heterocycles. The Morgan fingerprint density at radius 3 is 2.89 bits per heavy atom. The molecular weight excluding hydrogens is 316 g/mol. The van der Waals surface area contributed by atoms with Gasteiger partial charge in [-0.15, -0.1) is 5.10 Å². The van der Waals surface area contributed by atoms with Crippen molar-refractivity contribution >= 4 is 21.6 Å². The van der Waals surface area contributed by atoms with Gasteiger partial charge in [0.15, 0.2) is 0 Å². The third-order valence-corrected chi connectivity index (χ3v) is 3.27. The molecule has 2 rings (SSSR count). The molecule has 1 aromatic carbocycles. The number of benzene rings is 1. The summed E-state index contributed by atoms with van der Waals surface area (Å²) in [6.45, 7) is 1.84. The highest BCUT2D eigenvalue weighted by atomic mass is 79.9. The zero-order valence-electron chi connectivity index (χ0n) is 10.0. The summed E-state index contributed by atoms with van der Waals surface area (Å²) in [7, 11) is 0. The summed E-state index contributed by atoms with van der Waals surface area (Å²) in [4.78, 5) is 10.2. The Bertz CT molecular complexity index is 614. The van der Waals surface area contributed by atoms with Crippen LogP contribution in [0.1, 0.15) is 25.1 Å². The molecule has 1 unspecified atom stereocenters. The summed E-state index contributed by atoms with van der Waals surface area (Å²) in [6.07, 6.45) is 1.49. The van der Waals surface area contributed by atoms with Gasteiger partial charge in [0.05, 0.1) is 27.4 Å². The van der Waals surface area contributed by atoms with Crippen LogP contribution in [0.2, 0.25) is 0 Å². The Balaban J connectivity index is 2.35. The number of rotatable bonds is 4. The van der Waals surface area contributed by atoms with E-state index in [-0.39, 0.29) is 5.69 Å². The standard InChI is InChI=1S/C11H11BrN4O3/c1-2-11(17)9-6-15(14-13-9)7-3-4-10(16(18)19)8(12)5-7/h3-6,11,17H,2H2,1H3. The first-order valence-corrected chi connectivity index (χ1v) is 6.37. The molecule has 7 nitrogen and oxygen atoms in total. The molecule has 0 amide bonds. The minimum absolute atomic E-state index is 0.0160. The van der Waals surface area contributed by atoms with Crippen LogP contribution in [0.5, 0.6) is 0 Å². The third-order valence-electron chi connectivity index (χ3n) is 2.63. The number of nitrogens with zero attached hydrogens (tertiary/aromatic N) is 4. The van der Waals surface area contributed by atoms with Crippen molar-refractivity contribution in [1.29, 1.82) is 0 Å². The van der Waals surface area contributed by atoms with Gasteiger partial charge in [-0.05, 0) is 34.5 Å². The molecule has 0 bridgehead atoms. The molecular formula is C11H11BrN4O3. The molecule has 0 aliphatic heterocycles. The Morgan fingerprint density at radius 2 is 2.32 bits per heavy atom. The molecule has 0 aliphatic carbocycles. The Hall–Kier alpha value is -1.80. The van der Waals surface area contributed by atoms with E-state index in [1.807, 2.05) is 6.92 Å². The zero-order chi connectivity index (χ0) is 14.0. The van der Waals surface area contributed by atoms with Gasteiger partial charge in [-0.1, -0.05) is 12.1 Å². The first kappa shape index (κ1) is 13.6. The summed E-state index contributed by atoms with van der Waals surface area (Å²) in [5.41, 5.74) is 1.08. The van der Waals surface area contributed by atoms with Crippen molar-refractivity contribution in [2.24, 2.45) is 0 Å². The molecule has 0 spiro atoms. The fourth-order valence-corrected chi connectivity index (χ4v) is 2.06. The maximum Gasteiger partial charge on any atom is 0.283 e. The van der Waals surface area contributed by atoms with Crippen molar-refractivity contribution in [1.82, 2.24) is 15.0 Å². The van der Waals surface area contributed by atoms with Gasteiger partial charge in [0.25, 0.3) is 5.69 Å². The van der Waals surface area contributed by atoms with E-state index in [0.29, 0.717) is 22.3 Å². The van der Waals surface area contributed by atoms with Gasteiger partial charge >= 0.3 is 0 Å². The number of aromatic nitrogens is 3. The fraction of sp³-hybridized carbons (Fsp3) is 0.273. The van der Waals surface area contributed by atoms with E-state index in [9.17, 15) is 15.2 Å². The lowest BCUT2D eigenvalue weighted by Gasteiger charge is -2.02. The third kappa shape index (κ3) is 2.79. The molecule has 1 atom stereocenters. The molecule has 1 N–H and O–H groups in total. The van der Waals surface area contributed by atoms with E-state index >= 15 is 0 Å². The predicted octanol–water partition coefficient (Wildman–Crippen LogP) is 2.38. The first-order chi connectivity index (χ1) is 9.02. The summed E-state index contributed by atoms with van der Waals surface area (Å²) in [5, 5.41) is 28.1. The van der Waals surface area contributed by atoms with Crippen molar-refractivity contribution in [2.75, 3.05) is 0 Å². The van der Waals surface area contributed by atoms with Crippen LogP contribution in [0.3, 0.4) is 0 Å². The second-order valence-corrected chi connectivity index (χ2v) is 4.76. The first-order valence-electron chi connectivity index (χ1n) is 5.57. The summed E-state index contributed by atoms with van der Waals surface area (Å²) in [6, 6.07) is 4.53. The maximum atomic E-state index is 10.7. The van der Waals surface area contributed by atoms with Gasteiger partial charge in [0.1, 0.15) is 5.69 Å². The number of aliphatic hydroxyl groups excluding tert-OH is 1. The van der Waals surface area contributed by atoms with E-state index < -0.39 is 11.0 Å². The van der Waals surface area contributed by atoms with E-state index in [4.69, 9.17) is 0 Å².